The lowest BCUT2D eigenvalue weighted by Gasteiger charge is -2.12. The second-order valence-electron chi connectivity index (χ2n) is 4.05. The van der Waals surface area contributed by atoms with E-state index in [-0.39, 0.29) is 11.2 Å². The first-order valence-electron chi connectivity index (χ1n) is 5.77. The topological polar surface area (TPSA) is 46.9 Å². The molecule has 0 bridgehead atoms. The molecule has 1 atom stereocenters. The monoisotopic (exact) mass is 339 g/mol. The van der Waals surface area contributed by atoms with E-state index in [0.29, 0.717) is 0 Å². The number of hydrogen-bond acceptors (Lipinski definition) is 3. The first kappa shape index (κ1) is 14.1. The Kier molecular flexibility index (Phi) is 4.66. The summed E-state index contributed by atoms with van der Waals surface area (Å²) in [7, 11) is 1.91. The molecule has 0 saturated carbocycles. The van der Waals surface area contributed by atoms with Crippen molar-refractivity contribution in [2.24, 2.45) is 7.05 Å². The number of nitrogens with zero attached hydrogens (tertiary/aromatic N) is 2. The molecule has 1 heterocycles. The Morgan fingerprint density at radius 3 is 2.84 bits per heavy atom. The maximum absolute atomic E-state index is 12.1. The molecule has 6 heteroatoms. The van der Waals surface area contributed by atoms with Crippen molar-refractivity contribution in [3.63, 3.8) is 0 Å². The molecule has 100 valence electrons. The molecule has 0 fully saturated rings. The Morgan fingerprint density at radius 1 is 1.47 bits per heavy atom. The molecule has 1 unspecified atom stereocenters. The Balaban J connectivity index is 2.00. The van der Waals surface area contributed by atoms with Gasteiger partial charge in [0.15, 0.2) is 5.16 Å². The van der Waals surface area contributed by atoms with Gasteiger partial charge in [0, 0.05) is 23.9 Å². The van der Waals surface area contributed by atoms with E-state index in [9.17, 15) is 4.79 Å². The van der Waals surface area contributed by atoms with E-state index in [4.69, 9.17) is 0 Å². The molecule has 0 aliphatic rings. The van der Waals surface area contributed by atoms with Gasteiger partial charge in [-0.1, -0.05) is 23.9 Å². The Bertz CT molecular complexity index is 585. The molecule has 0 saturated heterocycles. The number of carbonyl (C=O) groups is 1. The molecule has 19 heavy (non-hydrogen) atoms. The van der Waals surface area contributed by atoms with Gasteiger partial charge in [-0.2, -0.15) is 0 Å². The number of hydrogen-bond donors (Lipinski definition) is 1. The van der Waals surface area contributed by atoms with Gasteiger partial charge in [-0.25, -0.2) is 4.98 Å². The molecule has 1 N–H and O–H groups in total. The third-order valence-corrected chi connectivity index (χ3v) is 4.42. The van der Waals surface area contributed by atoms with Gasteiger partial charge in [-0.3, -0.25) is 4.79 Å². The zero-order valence-electron chi connectivity index (χ0n) is 10.6. The van der Waals surface area contributed by atoms with E-state index in [1.54, 1.807) is 6.20 Å². The SMILES string of the molecule is CC(Sc1nccn1C)C(=O)Nc1ccccc1Br. The van der Waals surface area contributed by atoms with Gasteiger partial charge in [0.1, 0.15) is 0 Å². The molecule has 0 aliphatic heterocycles. The van der Waals surface area contributed by atoms with Crippen molar-refractivity contribution < 1.29 is 4.79 Å². The smallest absolute Gasteiger partial charge is 0.237 e. The summed E-state index contributed by atoms with van der Waals surface area (Å²) in [5.41, 5.74) is 0.778. The lowest BCUT2D eigenvalue weighted by molar-refractivity contribution is -0.115. The van der Waals surface area contributed by atoms with Gasteiger partial charge in [0.25, 0.3) is 0 Å². The number of halogens is 1. The predicted octanol–water partition coefficient (Wildman–Crippen LogP) is 3.30. The van der Waals surface area contributed by atoms with Crippen LogP contribution in [0.3, 0.4) is 0 Å². The van der Waals surface area contributed by atoms with Crippen molar-refractivity contribution in [1.29, 1.82) is 0 Å². The van der Waals surface area contributed by atoms with Gasteiger partial charge >= 0.3 is 0 Å². The quantitative estimate of drug-likeness (QED) is 0.869. The fourth-order valence-corrected chi connectivity index (χ4v) is 2.69. The standard InChI is InChI=1S/C13H14BrN3OS/c1-9(19-13-15-7-8-17(13)2)12(18)16-11-6-4-3-5-10(11)14/h3-9H,1-2H3,(H,16,18). The van der Waals surface area contributed by atoms with E-state index in [2.05, 4.69) is 26.2 Å². The fraction of sp³-hybridized carbons (Fsp3) is 0.231. The zero-order chi connectivity index (χ0) is 13.8. The number of imidazole rings is 1. The van der Waals surface area contributed by atoms with Gasteiger partial charge in [0.2, 0.25) is 5.91 Å². The molecular weight excluding hydrogens is 326 g/mol. The van der Waals surface area contributed by atoms with Crippen LogP contribution in [0.1, 0.15) is 6.92 Å². The zero-order valence-corrected chi connectivity index (χ0v) is 13.0. The third-order valence-electron chi connectivity index (χ3n) is 2.56. The van der Waals surface area contributed by atoms with E-state index >= 15 is 0 Å². The highest BCUT2D eigenvalue weighted by Crippen LogP contribution is 2.25. The first-order valence-corrected chi connectivity index (χ1v) is 7.44. The predicted molar refractivity (Wildman–Crippen MR) is 81.3 cm³/mol. The maximum atomic E-state index is 12.1. The van der Waals surface area contributed by atoms with Crippen LogP contribution in [-0.2, 0) is 11.8 Å². The van der Waals surface area contributed by atoms with Crippen LogP contribution in [0.25, 0.3) is 0 Å². The lowest BCUT2D eigenvalue weighted by Crippen LogP contribution is -2.23. The van der Waals surface area contributed by atoms with Crippen LogP contribution in [0.2, 0.25) is 0 Å². The largest absolute Gasteiger partial charge is 0.329 e. The Morgan fingerprint density at radius 2 is 2.21 bits per heavy atom. The number of anilines is 1. The average molecular weight is 340 g/mol. The van der Waals surface area contributed by atoms with E-state index in [0.717, 1.165) is 15.3 Å². The summed E-state index contributed by atoms with van der Waals surface area (Å²) in [5, 5.41) is 3.51. The van der Waals surface area contributed by atoms with Crippen LogP contribution in [-0.4, -0.2) is 20.7 Å². The third kappa shape index (κ3) is 3.61. The number of nitrogens with one attached hydrogen (secondary N) is 1. The van der Waals surface area contributed by atoms with Gasteiger partial charge in [-0.15, -0.1) is 0 Å². The molecule has 1 amide bonds. The number of thioether (sulfide) groups is 1. The highest BCUT2D eigenvalue weighted by Gasteiger charge is 2.17. The normalized spacial score (nSPS) is 12.2. The van der Waals surface area contributed by atoms with Gasteiger partial charge in [-0.05, 0) is 35.0 Å². The minimum atomic E-state index is -0.215. The summed E-state index contributed by atoms with van der Waals surface area (Å²) in [6.07, 6.45) is 3.58. The minimum Gasteiger partial charge on any atom is -0.329 e. The summed E-state index contributed by atoms with van der Waals surface area (Å²) in [5.74, 6) is -0.0418. The van der Waals surface area contributed by atoms with E-state index in [1.807, 2.05) is 49.0 Å². The van der Waals surface area contributed by atoms with Crippen LogP contribution in [0, 0.1) is 0 Å². The first-order chi connectivity index (χ1) is 9.08. The van der Waals surface area contributed by atoms with Crippen molar-refractivity contribution in [2.45, 2.75) is 17.3 Å². The molecular formula is C13H14BrN3OS. The maximum Gasteiger partial charge on any atom is 0.237 e. The van der Waals surface area contributed by atoms with Crippen LogP contribution < -0.4 is 5.32 Å². The molecule has 0 aliphatic carbocycles. The van der Waals surface area contributed by atoms with Crippen molar-refractivity contribution in [3.05, 3.63) is 41.1 Å². The highest BCUT2D eigenvalue weighted by atomic mass is 79.9. The molecule has 2 aromatic rings. The number of benzene rings is 1. The second-order valence-corrected chi connectivity index (χ2v) is 6.21. The summed E-state index contributed by atoms with van der Waals surface area (Å²) >= 11 is 4.84. The number of rotatable bonds is 4. The summed E-state index contributed by atoms with van der Waals surface area (Å²) < 4.78 is 2.77. The average Bonchev–Trinajstić information content (AvgIpc) is 2.78. The number of para-hydroxylation sites is 1. The molecule has 0 spiro atoms. The number of aromatic nitrogens is 2. The number of amides is 1. The van der Waals surface area contributed by atoms with Crippen molar-refractivity contribution in [2.75, 3.05) is 5.32 Å². The summed E-state index contributed by atoms with van der Waals surface area (Å²) in [4.78, 5) is 16.3. The molecule has 0 radical (unpaired) electrons. The van der Waals surface area contributed by atoms with Crippen LogP contribution >= 0.6 is 27.7 Å². The number of carbonyl (C=O) groups excluding carboxylic acids is 1. The number of aryl methyl sites for hydroxylation is 1. The van der Waals surface area contributed by atoms with Gasteiger partial charge in [0.05, 0.1) is 10.9 Å². The molecule has 1 aromatic carbocycles. The molecule has 4 nitrogen and oxygen atoms in total. The van der Waals surface area contributed by atoms with Gasteiger partial charge < -0.3 is 9.88 Å². The van der Waals surface area contributed by atoms with Crippen molar-refractivity contribution in [1.82, 2.24) is 9.55 Å². The van der Waals surface area contributed by atoms with Crippen LogP contribution in [0.15, 0.2) is 46.3 Å². The second kappa shape index (κ2) is 6.25. The molecule has 2 rings (SSSR count). The highest BCUT2D eigenvalue weighted by molar-refractivity contribution is 9.10. The van der Waals surface area contributed by atoms with Crippen LogP contribution in [0.5, 0.6) is 0 Å². The van der Waals surface area contributed by atoms with Crippen molar-refractivity contribution in [3.8, 4) is 0 Å². The van der Waals surface area contributed by atoms with E-state index in [1.165, 1.54) is 11.8 Å². The Hall–Kier alpha value is -1.27. The summed E-state index contributed by atoms with van der Waals surface area (Å²) in [6.45, 7) is 1.87. The minimum absolute atomic E-state index is 0.0418. The fourth-order valence-electron chi connectivity index (χ4n) is 1.47. The van der Waals surface area contributed by atoms with Crippen molar-refractivity contribution >= 4 is 39.3 Å². The van der Waals surface area contributed by atoms with E-state index < -0.39 is 0 Å². The summed E-state index contributed by atoms with van der Waals surface area (Å²) in [6, 6.07) is 7.55. The Labute approximate surface area is 124 Å². The van der Waals surface area contributed by atoms with Crippen LogP contribution in [0.4, 0.5) is 5.69 Å². The lowest BCUT2D eigenvalue weighted by atomic mass is 10.3. The molecule has 1 aromatic heterocycles.